The van der Waals surface area contributed by atoms with Gasteiger partial charge in [0.1, 0.15) is 6.10 Å². The molecule has 1 N–H and O–H groups in total. The van der Waals surface area contributed by atoms with Gasteiger partial charge in [0, 0.05) is 19.7 Å². The zero-order valence-corrected chi connectivity index (χ0v) is 13.9. The molecule has 2 heterocycles. The van der Waals surface area contributed by atoms with Crippen LogP contribution in [0.2, 0.25) is 0 Å². The predicted molar refractivity (Wildman–Crippen MR) is 90.0 cm³/mol. The third kappa shape index (κ3) is 3.96. The van der Waals surface area contributed by atoms with Crippen LogP contribution in [0.4, 0.5) is 0 Å². The van der Waals surface area contributed by atoms with Gasteiger partial charge in [0.15, 0.2) is 0 Å². The van der Waals surface area contributed by atoms with Crippen molar-refractivity contribution in [3.8, 4) is 0 Å². The molecule has 1 amide bonds. The van der Waals surface area contributed by atoms with E-state index in [2.05, 4.69) is 0 Å². The molecule has 2 saturated heterocycles. The smallest absolute Gasteiger partial charge is 0.335 e. The molecule has 0 bridgehead atoms. The molecule has 1 unspecified atom stereocenters. The second-order valence-corrected chi connectivity index (χ2v) is 6.79. The van der Waals surface area contributed by atoms with Gasteiger partial charge in [-0.2, -0.15) is 0 Å². The molecule has 2 aliphatic rings. The van der Waals surface area contributed by atoms with Crippen molar-refractivity contribution < 1.29 is 19.4 Å². The van der Waals surface area contributed by atoms with Gasteiger partial charge in [-0.25, -0.2) is 4.79 Å². The highest BCUT2D eigenvalue weighted by Gasteiger charge is 2.30. The summed E-state index contributed by atoms with van der Waals surface area (Å²) in [6.07, 6.45) is 5.32. The summed E-state index contributed by atoms with van der Waals surface area (Å²) < 4.78 is 5.60. The molecule has 5 heteroatoms. The number of piperidine rings is 1. The molecule has 0 aromatic heterocycles. The molecule has 1 atom stereocenters. The molecular weight excluding hydrogens is 306 g/mol. The van der Waals surface area contributed by atoms with E-state index in [0.717, 1.165) is 57.2 Å². The van der Waals surface area contributed by atoms with E-state index in [4.69, 9.17) is 4.74 Å². The summed E-state index contributed by atoms with van der Waals surface area (Å²) in [5, 5.41) is 9.29. The molecule has 2 fully saturated rings. The summed E-state index contributed by atoms with van der Waals surface area (Å²) in [5.41, 5.74) is 1.29. The number of hydrogen-bond donors (Lipinski definition) is 1. The van der Waals surface area contributed by atoms with E-state index in [9.17, 15) is 14.7 Å². The van der Waals surface area contributed by atoms with E-state index in [0.29, 0.717) is 18.1 Å². The van der Waals surface area contributed by atoms with Gasteiger partial charge in [0.05, 0.1) is 5.56 Å². The second kappa shape index (κ2) is 7.79. The Balaban J connectivity index is 1.54. The summed E-state index contributed by atoms with van der Waals surface area (Å²) in [5.74, 6) is -0.298. The summed E-state index contributed by atoms with van der Waals surface area (Å²) in [6.45, 7) is 2.19. The van der Waals surface area contributed by atoms with Gasteiger partial charge in [0.25, 0.3) is 5.91 Å². The number of hydrogen-bond acceptors (Lipinski definition) is 3. The van der Waals surface area contributed by atoms with E-state index in [1.807, 2.05) is 17.0 Å². The van der Waals surface area contributed by atoms with E-state index in [1.165, 1.54) is 0 Å². The number of benzene rings is 1. The Bertz CT molecular complexity index is 587. The number of carbonyl (C=O) groups excluding carboxylic acids is 1. The molecule has 2 aliphatic heterocycles. The topological polar surface area (TPSA) is 66.8 Å². The van der Waals surface area contributed by atoms with E-state index < -0.39 is 5.97 Å². The largest absolute Gasteiger partial charge is 0.478 e. The average Bonchev–Trinajstić information content (AvgIpc) is 2.63. The molecule has 130 valence electrons. The number of carboxylic acid groups (broad SMARTS) is 1. The molecule has 0 aliphatic carbocycles. The summed E-state index contributed by atoms with van der Waals surface area (Å²) in [4.78, 5) is 25.7. The molecule has 0 saturated carbocycles. The van der Waals surface area contributed by atoms with Crippen LogP contribution in [0.1, 0.15) is 48.0 Å². The van der Waals surface area contributed by atoms with Crippen LogP contribution in [0.3, 0.4) is 0 Å². The van der Waals surface area contributed by atoms with Crippen molar-refractivity contribution in [2.75, 3.05) is 19.7 Å². The number of carbonyl (C=O) groups is 2. The fourth-order valence-electron chi connectivity index (χ4n) is 3.71. The molecule has 5 nitrogen and oxygen atoms in total. The van der Waals surface area contributed by atoms with Gasteiger partial charge >= 0.3 is 5.97 Å². The molecule has 3 rings (SSSR count). The second-order valence-electron chi connectivity index (χ2n) is 6.79. The van der Waals surface area contributed by atoms with Crippen molar-refractivity contribution in [1.29, 1.82) is 0 Å². The Morgan fingerprint density at radius 2 is 1.88 bits per heavy atom. The van der Waals surface area contributed by atoms with E-state index in [1.54, 1.807) is 12.1 Å². The van der Waals surface area contributed by atoms with Crippen LogP contribution >= 0.6 is 0 Å². The zero-order chi connectivity index (χ0) is 16.9. The van der Waals surface area contributed by atoms with Crippen LogP contribution in [0.5, 0.6) is 0 Å². The molecule has 0 spiro atoms. The van der Waals surface area contributed by atoms with Gasteiger partial charge in [0.2, 0.25) is 0 Å². The third-order valence-electron chi connectivity index (χ3n) is 5.14. The number of likely N-dealkylation sites (tertiary alicyclic amines) is 1. The fourth-order valence-corrected chi connectivity index (χ4v) is 3.71. The van der Waals surface area contributed by atoms with Crippen molar-refractivity contribution >= 4 is 11.9 Å². The first kappa shape index (κ1) is 17.0. The fraction of sp³-hybridized carbons (Fsp3) is 0.579. The Morgan fingerprint density at radius 1 is 1.12 bits per heavy atom. The lowest BCUT2D eigenvalue weighted by molar-refractivity contribution is -0.147. The maximum absolute atomic E-state index is 12.5. The Labute approximate surface area is 142 Å². The minimum Gasteiger partial charge on any atom is -0.478 e. The first-order chi connectivity index (χ1) is 11.6. The van der Waals surface area contributed by atoms with Crippen molar-refractivity contribution in [3.63, 3.8) is 0 Å². The first-order valence-electron chi connectivity index (χ1n) is 8.86. The molecule has 1 aromatic carbocycles. The Hall–Kier alpha value is -1.88. The number of ether oxygens (including phenoxy) is 1. The quantitative estimate of drug-likeness (QED) is 0.921. The van der Waals surface area contributed by atoms with Gasteiger partial charge in [-0.15, -0.1) is 0 Å². The van der Waals surface area contributed by atoms with Gasteiger partial charge in [-0.3, -0.25) is 4.79 Å². The highest BCUT2D eigenvalue weighted by Crippen LogP contribution is 2.25. The van der Waals surface area contributed by atoms with E-state index >= 15 is 0 Å². The third-order valence-corrected chi connectivity index (χ3v) is 5.14. The highest BCUT2D eigenvalue weighted by molar-refractivity contribution is 5.89. The number of rotatable bonds is 4. The predicted octanol–water partition coefficient (Wildman–Crippen LogP) is 2.74. The van der Waals surface area contributed by atoms with Crippen molar-refractivity contribution in [2.45, 2.75) is 44.6 Å². The average molecular weight is 331 g/mol. The zero-order valence-electron chi connectivity index (χ0n) is 13.9. The lowest BCUT2D eigenvalue weighted by atomic mass is 9.88. The highest BCUT2D eigenvalue weighted by atomic mass is 16.5. The molecule has 1 aromatic rings. The van der Waals surface area contributed by atoms with Crippen LogP contribution in [-0.2, 0) is 16.0 Å². The van der Waals surface area contributed by atoms with Gasteiger partial charge < -0.3 is 14.7 Å². The van der Waals surface area contributed by atoms with Gasteiger partial charge in [-0.05, 0) is 56.1 Å². The van der Waals surface area contributed by atoms with Crippen molar-refractivity contribution in [3.05, 3.63) is 35.4 Å². The Kier molecular flexibility index (Phi) is 5.51. The van der Waals surface area contributed by atoms with Crippen molar-refractivity contribution in [1.82, 2.24) is 4.90 Å². The molecular formula is C19H25NO4. The van der Waals surface area contributed by atoms with Crippen LogP contribution in [-0.4, -0.2) is 47.7 Å². The minimum absolute atomic E-state index is 0.138. The number of carboxylic acids is 1. The van der Waals surface area contributed by atoms with Crippen LogP contribution < -0.4 is 0 Å². The Morgan fingerprint density at radius 3 is 2.54 bits per heavy atom. The number of nitrogens with zero attached hydrogens (tertiary/aromatic N) is 1. The lowest BCUT2D eigenvalue weighted by Gasteiger charge is -2.35. The maximum Gasteiger partial charge on any atom is 0.335 e. The maximum atomic E-state index is 12.5. The number of amides is 1. The van der Waals surface area contributed by atoms with Gasteiger partial charge in [-0.1, -0.05) is 18.2 Å². The lowest BCUT2D eigenvalue weighted by Crippen LogP contribution is -2.45. The van der Waals surface area contributed by atoms with Crippen molar-refractivity contribution in [2.24, 2.45) is 5.92 Å². The molecule has 0 radical (unpaired) electrons. The standard InChI is InChI=1S/C19H25NO4/c21-18(17-7-3-4-12-24-17)20-10-8-14(9-11-20)13-15-5-1-2-6-16(15)19(22)23/h1-2,5-6,14,17H,3-4,7-13H2,(H,22,23). The summed E-state index contributed by atoms with van der Waals surface area (Å²) in [6, 6.07) is 7.22. The van der Waals surface area contributed by atoms with Crippen LogP contribution in [0.25, 0.3) is 0 Å². The summed E-state index contributed by atoms with van der Waals surface area (Å²) in [7, 11) is 0. The normalized spacial score (nSPS) is 22.3. The molecule has 24 heavy (non-hydrogen) atoms. The van der Waals surface area contributed by atoms with E-state index in [-0.39, 0.29) is 12.0 Å². The van der Waals surface area contributed by atoms with Crippen LogP contribution in [0.15, 0.2) is 24.3 Å². The van der Waals surface area contributed by atoms with Crippen LogP contribution in [0, 0.1) is 5.92 Å². The summed E-state index contributed by atoms with van der Waals surface area (Å²) >= 11 is 0. The number of aromatic carboxylic acids is 1. The monoisotopic (exact) mass is 331 g/mol. The SMILES string of the molecule is O=C(O)c1ccccc1CC1CCN(C(=O)C2CCCCO2)CC1. The minimum atomic E-state index is -0.868. The first-order valence-corrected chi connectivity index (χ1v) is 8.86.